The molecule has 0 saturated heterocycles. The van der Waals surface area contributed by atoms with Gasteiger partial charge >= 0.3 is 5.76 Å². The van der Waals surface area contributed by atoms with E-state index in [1.54, 1.807) is 30.3 Å². The molecule has 0 fully saturated rings. The molecular formula is C15H13FN2O2. The molecule has 1 heterocycles. The molecule has 0 unspecified atom stereocenters. The van der Waals surface area contributed by atoms with Gasteiger partial charge in [0.2, 0.25) is 0 Å². The summed E-state index contributed by atoms with van der Waals surface area (Å²) in [5.41, 5.74) is 7.76. The fraction of sp³-hybridized carbons (Fsp3) is 0.133. The maximum atomic E-state index is 14.0. The number of nitrogens with two attached hydrogens (primary N) is 1. The number of benzene rings is 2. The second kappa shape index (κ2) is 4.94. The highest BCUT2D eigenvalue weighted by Crippen LogP contribution is 2.16. The SMILES string of the molecule is NCc1ccc(Cn2c(=O)oc3ccccc32)c(F)c1. The molecule has 20 heavy (non-hydrogen) atoms. The van der Waals surface area contributed by atoms with Gasteiger partial charge in [0.05, 0.1) is 12.1 Å². The molecule has 0 atom stereocenters. The topological polar surface area (TPSA) is 61.2 Å². The van der Waals surface area contributed by atoms with Crippen molar-refractivity contribution in [3.05, 3.63) is 70.0 Å². The molecule has 0 amide bonds. The van der Waals surface area contributed by atoms with Crippen LogP contribution in [0.3, 0.4) is 0 Å². The molecule has 0 saturated carbocycles. The molecule has 0 aliphatic rings. The maximum absolute atomic E-state index is 14.0. The Labute approximate surface area is 114 Å². The first kappa shape index (κ1) is 12.6. The van der Waals surface area contributed by atoms with Gasteiger partial charge in [-0.15, -0.1) is 0 Å². The normalized spacial score (nSPS) is 11.1. The summed E-state index contributed by atoms with van der Waals surface area (Å²) in [5.74, 6) is -0.862. The second-order valence-corrected chi connectivity index (χ2v) is 4.55. The highest BCUT2D eigenvalue weighted by Gasteiger charge is 2.11. The second-order valence-electron chi connectivity index (χ2n) is 4.55. The van der Waals surface area contributed by atoms with Crippen LogP contribution in [0.15, 0.2) is 51.7 Å². The Balaban J connectivity index is 2.05. The van der Waals surface area contributed by atoms with Gasteiger partial charge < -0.3 is 10.2 Å². The molecule has 5 heteroatoms. The fourth-order valence-electron chi connectivity index (χ4n) is 2.18. The molecular weight excluding hydrogens is 259 g/mol. The number of hydrogen-bond donors (Lipinski definition) is 1. The summed E-state index contributed by atoms with van der Waals surface area (Å²) in [7, 11) is 0. The van der Waals surface area contributed by atoms with E-state index in [1.165, 1.54) is 10.6 Å². The lowest BCUT2D eigenvalue weighted by molar-refractivity contribution is 0.512. The summed E-state index contributed by atoms with van der Waals surface area (Å²) in [4.78, 5) is 11.8. The van der Waals surface area contributed by atoms with E-state index in [2.05, 4.69) is 0 Å². The Morgan fingerprint density at radius 2 is 2.00 bits per heavy atom. The predicted octanol–water partition coefficient (Wildman–Crippen LogP) is 2.24. The largest absolute Gasteiger partial charge is 0.420 e. The van der Waals surface area contributed by atoms with Gasteiger partial charge in [0.1, 0.15) is 5.82 Å². The zero-order chi connectivity index (χ0) is 14.1. The standard InChI is InChI=1S/C15H13FN2O2/c16-12-7-10(8-17)5-6-11(12)9-18-13-3-1-2-4-14(13)20-15(18)19/h1-7H,8-9,17H2. The van der Waals surface area contributed by atoms with Crippen molar-refractivity contribution in [1.82, 2.24) is 4.57 Å². The molecule has 3 rings (SSSR count). The van der Waals surface area contributed by atoms with Crippen LogP contribution in [0.1, 0.15) is 11.1 Å². The van der Waals surface area contributed by atoms with Crippen molar-refractivity contribution in [3.8, 4) is 0 Å². The third kappa shape index (κ3) is 2.12. The lowest BCUT2D eigenvalue weighted by Gasteiger charge is -2.06. The number of nitrogens with zero attached hydrogens (tertiary/aromatic N) is 1. The van der Waals surface area contributed by atoms with Gasteiger partial charge in [-0.25, -0.2) is 9.18 Å². The number of hydrogen-bond acceptors (Lipinski definition) is 3. The van der Waals surface area contributed by atoms with Crippen LogP contribution in [0, 0.1) is 5.82 Å². The zero-order valence-corrected chi connectivity index (χ0v) is 10.7. The summed E-state index contributed by atoms with van der Waals surface area (Å²) in [6.07, 6.45) is 0. The molecule has 1 aromatic heterocycles. The predicted molar refractivity (Wildman–Crippen MR) is 73.9 cm³/mol. The van der Waals surface area contributed by atoms with E-state index in [0.29, 0.717) is 16.7 Å². The first-order chi connectivity index (χ1) is 9.69. The van der Waals surface area contributed by atoms with E-state index in [0.717, 1.165) is 5.56 Å². The number of rotatable bonds is 3. The van der Waals surface area contributed by atoms with Crippen molar-refractivity contribution in [2.24, 2.45) is 5.73 Å². The van der Waals surface area contributed by atoms with E-state index in [4.69, 9.17) is 10.2 Å². The quantitative estimate of drug-likeness (QED) is 0.795. The highest BCUT2D eigenvalue weighted by atomic mass is 19.1. The van der Waals surface area contributed by atoms with Gasteiger partial charge in [-0.05, 0) is 23.8 Å². The first-order valence-electron chi connectivity index (χ1n) is 6.25. The minimum atomic E-state index is -0.492. The summed E-state index contributed by atoms with van der Waals surface area (Å²) < 4.78 is 20.5. The monoisotopic (exact) mass is 272 g/mol. The van der Waals surface area contributed by atoms with Crippen LogP contribution in [0.2, 0.25) is 0 Å². The summed E-state index contributed by atoms with van der Waals surface area (Å²) in [5, 5.41) is 0. The van der Waals surface area contributed by atoms with Gasteiger partial charge in [-0.2, -0.15) is 0 Å². The van der Waals surface area contributed by atoms with Crippen molar-refractivity contribution in [2.45, 2.75) is 13.1 Å². The summed E-state index contributed by atoms with van der Waals surface area (Å²) in [6.45, 7) is 0.415. The Hall–Kier alpha value is -2.40. The van der Waals surface area contributed by atoms with E-state index >= 15 is 0 Å². The van der Waals surface area contributed by atoms with Crippen molar-refractivity contribution in [1.29, 1.82) is 0 Å². The van der Waals surface area contributed by atoms with E-state index in [-0.39, 0.29) is 18.9 Å². The van der Waals surface area contributed by atoms with Gasteiger partial charge in [0.25, 0.3) is 0 Å². The van der Waals surface area contributed by atoms with Crippen molar-refractivity contribution < 1.29 is 8.81 Å². The molecule has 0 radical (unpaired) electrons. The van der Waals surface area contributed by atoms with Gasteiger partial charge in [-0.3, -0.25) is 4.57 Å². The van der Waals surface area contributed by atoms with Crippen LogP contribution in [-0.2, 0) is 13.1 Å². The molecule has 0 bridgehead atoms. The van der Waals surface area contributed by atoms with Crippen LogP contribution >= 0.6 is 0 Å². The molecule has 3 aromatic rings. The maximum Gasteiger partial charge on any atom is 0.420 e. The third-order valence-corrected chi connectivity index (χ3v) is 3.26. The number of fused-ring (bicyclic) bond motifs is 1. The highest BCUT2D eigenvalue weighted by molar-refractivity contribution is 5.72. The number of aromatic nitrogens is 1. The number of oxazole rings is 1. The third-order valence-electron chi connectivity index (χ3n) is 3.26. The Morgan fingerprint density at radius 1 is 1.20 bits per heavy atom. The molecule has 4 nitrogen and oxygen atoms in total. The Morgan fingerprint density at radius 3 is 2.75 bits per heavy atom. The Kier molecular flexibility index (Phi) is 3.12. The lowest BCUT2D eigenvalue weighted by atomic mass is 10.1. The van der Waals surface area contributed by atoms with E-state index < -0.39 is 5.76 Å². The fourth-order valence-corrected chi connectivity index (χ4v) is 2.18. The van der Waals surface area contributed by atoms with Crippen LogP contribution in [0.4, 0.5) is 4.39 Å². The Bertz CT molecular complexity index is 820. The first-order valence-corrected chi connectivity index (χ1v) is 6.25. The smallest absolute Gasteiger partial charge is 0.408 e. The van der Waals surface area contributed by atoms with E-state index in [9.17, 15) is 9.18 Å². The summed E-state index contributed by atoms with van der Waals surface area (Å²) in [6, 6.07) is 11.9. The summed E-state index contributed by atoms with van der Waals surface area (Å²) >= 11 is 0. The molecule has 0 aliphatic carbocycles. The van der Waals surface area contributed by atoms with Gasteiger partial charge in [-0.1, -0.05) is 24.3 Å². The molecule has 2 N–H and O–H groups in total. The average Bonchev–Trinajstić information content (AvgIpc) is 2.77. The van der Waals surface area contributed by atoms with Gasteiger partial charge in [0.15, 0.2) is 5.58 Å². The molecule has 0 spiro atoms. The van der Waals surface area contributed by atoms with Crippen LogP contribution in [0.25, 0.3) is 11.1 Å². The number of para-hydroxylation sites is 2. The van der Waals surface area contributed by atoms with Gasteiger partial charge in [0, 0.05) is 12.1 Å². The van der Waals surface area contributed by atoms with E-state index in [1.807, 2.05) is 6.07 Å². The zero-order valence-electron chi connectivity index (χ0n) is 10.7. The van der Waals surface area contributed by atoms with Crippen LogP contribution < -0.4 is 11.5 Å². The molecule has 0 aliphatic heterocycles. The minimum Gasteiger partial charge on any atom is -0.408 e. The molecule has 102 valence electrons. The lowest BCUT2D eigenvalue weighted by Crippen LogP contribution is -2.15. The van der Waals surface area contributed by atoms with Crippen molar-refractivity contribution in [3.63, 3.8) is 0 Å². The minimum absolute atomic E-state index is 0.131. The van der Waals surface area contributed by atoms with Crippen molar-refractivity contribution >= 4 is 11.1 Å². The van der Waals surface area contributed by atoms with Crippen LogP contribution in [0.5, 0.6) is 0 Å². The average molecular weight is 272 g/mol. The molecule has 2 aromatic carbocycles. The van der Waals surface area contributed by atoms with Crippen molar-refractivity contribution in [2.75, 3.05) is 0 Å². The van der Waals surface area contributed by atoms with Crippen LogP contribution in [-0.4, -0.2) is 4.57 Å². The number of halogens is 1.